The number of likely N-dealkylation sites (tertiary alicyclic amines) is 1. The Morgan fingerprint density at radius 2 is 2.10 bits per heavy atom. The van der Waals surface area contributed by atoms with Gasteiger partial charge < -0.3 is 25.0 Å². The molecule has 3 N–H and O–H groups in total. The molecule has 4 heterocycles. The highest BCUT2D eigenvalue weighted by Crippen LogP contribution is 2.32. The number of ether oxygens (including phenoxy) is 1. The smallest absolute Gasteiger partial charge is 0.321 e. The molecular formula is C20H21N5O4. The number of amides is 2. The predicted molar refractivity (Wildman–Crippen MR) is 107 cm³/mol. The maximum absolute atomic E-state index is 12.7. The first-order valence-corrected chi connectivity index (χ1v) is 9.25. The summed E-state index contributed by atoms with van der Waals surface area (Å²) in [5.41, 5.74) is 0.184. The number of aromatic amines is 1. The summed E-state index contributed by atoms with van der Waals surface area (Å²) in [5.74, 6) is 0.317. The van der Waals surface area contributed by atoms with E-state index in [2.05, 4.69) is 20.3 Å². The van der Waals surface area contributed by atoms with Crippen molar-refractivity contribution in [2.24, 2.45) is 0 Å². The molecule has 9 nitrogen and oxygen atoms in total. The van der Waals surface area contributed by atoms with Gasteiger partial charge in [-0.15, -0.1) is 0 Å². The Bertz CT molecular complexity index is 1090. The van der Waals surface area contributed by atoms with Crippen LogP contribution in [0.2, 0.25) is 0 Å². The molecule has 0 aromatic carbocycles. The minimum absolute atomic E-state index is 0.108. The average Bonchev–Trinajstić information content (AvgIpc) is 2.76. The van der Waals surface area contributed by atoms with E-state index in [4.69, 9.17) is 4.74 Å². The normalized spacial score (nSPS) is 15.9. The van der Waals surface area contributed by atoms with Gasteiger partial charge in [0.1, 0.15) is 11.2 Å². The summed E-state index contributed by atoms with van der Waals surface area (Å²) < 4.78 is 5.06. The van der Waals surface area contributed by atoms with Crippen molar-refractivity contribution in [3.63, 3.8) is 0 Å². The van der Waals surface area contributed by atoms with Crippen LogP contribution in [0, 0.1) is 0 Å². The molecule has 29 heavy (non-hydrogen) atoms. The molecule has 3 aromatic rings. The van der Waals surface area contributed by atoms with Crippen LogP contribution in [-0.2, 0) is 5.60 Å². The molecule has 2 amide bonds. The number of H-pyrrole nitrogens is 1. The van der Waals surface area contributed by atoms with E-state index in [0.29, 0.717) is 37.3 Å². The number of aliphatic hydroxyl groups is 1. The highest BCUT2D eigenvalue weighted by molar-refractivity contribution is 5.91. The van der Waals surface area contributed by atoms with Crippen molar-refractivity contribution in [2.45, 2.75) is 18.4 Å². The van der Waals surface area contributed by atoms with Crippen LogP contribution in [0.5, 0.6) is 5.88 Å². The van der Waals surface area contributed by atoms with Crippen LogP contribution in [0.25, 0.3) is 11.0 Å². The summed E-state index contributed by atoms with van der Waals surface area (Å²) in [7, 11) is 1.47. The summed E-state index contributed by atoms with van der Waals surface area (Å²) >= 11 is 0. The second kappa shape index (κ2) is 7.51. The number of rotatable bonds is 3. The fourth-order valence-corrected chi connectivity index (χ4v) is 3.48. The minimum Gasteiger partial charge on any atom is -0.481 e. The third-order valence-corrected chi connectivity index (χ3v) is 5.23. The van der Waals surface area contributed by atoms with E-state index in [9.17, 15) is 14.7 Å². The molecule has 0 radical (unpaired) electrons. The largest absolute Gasteiger partial charge is 0.481 e. The number of piperidine rings is 1. The van der Waals surface area contributed by atoms with Crippen molar-refractivity contribution >= 4 is 22.8 Å². The zero-order chi connectivity index (χ0) is 20.4. The molecule has 3 aromatic heterocycles. The summed E-state index contributed by atoms with van der Waals surface area (Å²) in [6, 6.07) is 6.55. The van der Waals surface area contributed by atoms with E-state index in [1.807, 2.05) is 6.07 Å². The third kappa shape index (κ3) is 3.64. The van der Waals surface area contributed by atoms with Crippen LogP contribution in [-0.4, -0.2) is 51.2 Å². The molecule has 0 spiro atoms. The summed E-state index contributed by atoms with van der Waals surface area (Å²) in [4.78, 5) is 38.1. The zero-order valence-corrected chi connectivity index (χ0v) is 15.9. The van der Waals surface area contributed by atoms with Gasteiger partial charge in [0, 0.05) is 43.3 Å². The molecule has 0 atom stereocenters. The number of aromatic nitrogens is 3. The second-order valence-corrected chi connectivity index (χ2v) is 6.97. The molecule has 1 saturated heterocycles. The number of carbonyl (C=O) groups is 1. The van der Waals surface area contributed by atoms with Crippen molar-refractivity contribution in [3.8, 4) is 5.88 Å². The topological polar surface area (TPSA) is 120 Å². The van der Waals surface area contributed by atoms with Crippen molar-refractivity contribution in [1.82, 2.24) is 19.9 Å². The zero-order valence-electron chi connectivity index (χ0n) is 15.9. The first kappa shape index (κ1) is 18.9. The van der Waals surface area contributed by atoms with Crippen molar-refractivity contribution in [1.29, 1.82) is 0 Å². The van der Waals surface area contributed by atoms with Gasteiger partial charge in [-0.1, -0.05) is 6.07 Å². The number of pyridine rings is 3. The highest BCUT2D eigenvalue weighted by atomic mass is 16.5. The van der Waals surface area contributed by atoms with Crippen LogP contribution in [0.15, 0.2) is 47.7 Å². The number of hydrogen-bond donors (Lipinski definition) is 3. The predicted octanol–water partition coefficient (Wildman–Crippen LogP) is 1.84. The number of carbonyl (C=O) groups excluding carboxylic acids is 1. The number of nitrogens with zero attached hydrogens (tertiary/aromatic N) is 3. The summed E-state index contributed by atoms with van der Waals surface area (Å²) in [5, 5.41) is 13.5. The number of nitrogens with one attached hydrogen (secondary N) is 2. The Hall–Kier alpha value is -3.46. The minimum atomic E-state index is -1.01. The molecule has 0 saturated carbocycles. The molecule has 0 bridgehead atoms. The van der Waals surface area contributed by atoms with Crippen LogP contribution < -0.4 is 15.5 Å². The molecule has 1 aliphatic heterocycles. The fourth-order valence-electron chi connectivity index (χ4n) is 3.48. The molecule has 4 rings (SSSR count). The van der Waals surface area contributed by atoms with Gasteiger partial charge in [-0.25, -0.2) is 9.78 Å². The lowest BCUT2D eigenvalue weighted by atomic mass is 9.85. The van der Waals surface area contributed by atoms with Crippen LogP contribution in [0.1, 0.15) is 18.4 Å². The van der Waals surface area contributed by atoms with Gasteiger partial charge in [-0.2, -0.15) is 0 Å². The molecule has 0 unspecified atom stereocenters. The monoisotopic (exact) mass is 395 g/mol. The van der Waals surface area contributed by atoms with Gasteiger partial charge in [0.15, 0.2) is 0 Å². The van der Waals surface area contributed by atoms with E-state index in [1.165, 1.54) is 13.3 Å². The van der Waals surface area contributed by atoms with Gasteiger partial charge in [0.2, 0.25) is 11.3 Å². The standard InChI is InChI=1S/C20H21N5O4/c1-29-16-5-4-14-17(24-16)18(26)15(12-22-14)23-19(27)25-9-6-20(28,7-10-25)13-3-2-8-21-11-13/h2-5,8,11-12,28H,6-7,9-10H2,1H3,(H,22,26)(H,23,27). The fraction of sp³-hybridized carbons (Fsp3) is 0.300. The average molecular weight is 395 g/mol. The Balaban J connectivity index is 1.48. The number of fused-ring (bicyclic) bond motifs is 1. The van der Waals surface area contributed by atoms with Crippen LogP contribution >= 0.6 is 0 Å². The van der Waals surface area contributed by atoms with Crippen LogP contribution in [0.4, 0.5) is 10.5 Å². The SMILES string of the molecule is COc1ccc2[nH]cc(NC(=O)N3CCC(O)(c4cccnc4)CC3)c(=O)c2n1. The Morgan fingerprint density at radius 1 is 1.31 bits per heavy atom. The lowest BCUT2D eigenvalue weighted by Crippen LogP contribution is -2.47. The summed E-state index contributed by atoms with van der Waals surface area (Å²) in [6.07, 6.45) is 5.52. The van der Waals surface area contributed by atoms with E-state index >= 15 is 0 Å². The lowest BCUT2D eigenvalue weighted by molar-refractivity contribution is -0.0159. The van der Waals surface area contributed by atoms with Crippen molar-refractivity contribution in [3.05, 3.63) is 58.6 Å². The van der Waals surface area contributed by atoms with E-state index in [-0.39, 0.29) is 11.2 Å². The van der Waals surface area contributed by atoms with Crippen LogP contribution in [0.3, 0.4) is 0 Å². The van der Waals surface area contributed by atoms with E-state index in [1.54, 1.807) is 35.5 Å². The molecule has 150 valence electrons. The van der Waals surface area contributed by atoms with E-state index in [0.717, 1.165) is 5.56 Å². The highest BCUT2D eigenvalue weighted by Gasteiger charge is 2.35. The number of methoxy groups -OCH3 is 1. The number of anilines is 1. The first-order valence-electron chi connectivity index (χ1n) is 9.25. The molecule has 9 heteroatoms. The number of urea groups is 1. The molecule has 1 fully saturated rings. The second-order valence-electron chi connectivity index (χ2n) is 6.97. The Labute approximate surface area is 166 Å². The maximum Gasteiger partial charge on any atom is 0.321 e. The van der Waals surface area contributed by atoms with E-state index < -0.39 is 17.1 Å². The first-order chi connectivity index (χ1) is 14.0. The lowest BCUT2D eigenvalue weighted by Gasteiger charge is -2.38. The Kier molecular flexibility index (Phi) is 4.89. The van der Waals surface area contributed by atoms with Gasteiger partial charge in [-0.05, 0) is 25.0 Å². The maximum atomic E-state index is 12.7. The van der Waals surface area contributed by atoms with Gasteiger partial charge in [-0.3, -0.25) is 9.78 Å². The van der Waals surface area contributed by atoms with Crippen molar-refractivity contribution < 1.29 is 14.6 Å². The number of hydrogen-bond acceptors (Lipinski definition) is 6. The molecule has 0 aliphatic carbocycles. The van der Waals surface area contributed by atoms with Gasteiger partial charge in [0.05, 0.1) is 18.2 Å². The molecule has 1 aliphatic rings. The molecular weight excluding hydrogens is 374 g/mol. The van der Waals surface area contributed by atoms with Gasteiger partial charge in [0.25, 0.3) is 0 Å². The Morgan fingerprint density at radius 3 is 2.79 bits per heavy atom. The quantitative estimate of drug-likeness (QED) is 0.622. The summed E-state index contributed by atoms with van der Waals surface area (Å²) in [6.45, 7) is 0.712. The third-order valence-electron chi connectivity index (χ3n) is 5.23. The van der Waals surface area contributed by atoms with Crippen molar-refractivity contribution in [2.75, 3.05) is 25.5 Å². The van der Waals surface area contributed by atoms with Gasteiger partial charge >= 0.3 is 6.03 Å².